The van der Waals surface area contributed by atoms with Crippen LogP contribution in [-0.2, 0) is 27.9 Å². The number of hydrogen-bond acceptors (Lipinski definition) is 4. The van der Waals surface area contributed by atoms with E-state index in [4.69, 9.17) is 0 Å². The van der Waals surface area contributed by atoms with Crippen LogP contribution in [0.5, 0.6) is 0 Å². The zero-order valence-corrected chi connectivity index (χ0v) is 16.7. The molecule has 3 rings (SSSR count). The van der Waals surface area contributed by atoms with E-state index in [0.717, 1.165) is 23.3 Å². The zero-order valence-electron chi connectivity index (χ0n) is 15.1. The molecule has 2 aromatic rings. The molecule has 0 unspecified atom stereocenters. The summed E-state index contributed by atoms with van der Waals surface area (Å²) in [6.45, 7) is 2.92. The van der Waals surface area contributed by atoms with Gasteiger partial charge in [-0.1, -0.05) is 30.3 Å². The molecule has 26 heavy (non-hydrogen) atoms. The SMILES string of the molecule is Cc1ccc(CN(Cc2ccccc2)C(=O)CN(C2CC2)S(C)(=O)=O)s1. The predicted octanol–water partition coefficient (Wildman–Crippen LogP) is 3.01. The normalized spacial score (nSPS) is 14.6. The topological polar surface area (TPSA) is 57.7 Å². The van der Waals surface area contributed by atoms with Gasteiger partial charge in [0.25, 0.3) is 0 Å². The van der Waals surface area contributed by atoms with Gasteiger partial charge in [0.2, 0.25) is 15.9 Å². The second-order valence-corrected chi connectivity index (χ2v) is 10.1. The minimum Gasteiger partial charge on any atom is -0.332 e. The van der Waals surface area contributed by atoms with Gasteiger partial charge in [-0.2, -0.15) is 4.31 Å². The maximum atomic E-state index is 13.0. The Morgan fingerprint density at radius 3 is 2.35 bits per heavy atom. The summed E-state index contributed by atoms with van der Waals surface area (Å²) in [6, 6.07) is 13.8. The fraction of sp³-hybridized carbons (Fsp3) is 0.421. The number of amides is 1. The summed E-state index contributed by atoms with van der Waals surface area (Å²) in [5.74, 6) is -0.155. The molecule has 0 saturated heterocycles. The first-order chi connectivity index (χ1) is 12.3. The van der Waals surface area contributed by atoms with Crippen molar-refractivity contribution in [2.45, 2.75) is 38.9 Å². The second kappa shape index (κ2) is 7.90. The second-order valence-electron chi connectivity index (χ2n) is 6.79. The van der Waals surface area contributed by atoms with Gasteiger partial charge in [-0.15, -0.1) is 11.3 Å². The van der Waals surface area contributed by atoms with Crippen LogP contribution in [0.15, 0.2) is 42.5 Å². The van der Waals surface area contributed by atoms with E-state index in [1.165, 1.54) is 15.4 Å². The summed E-state index contributed by atoms with van der Waals surface area (Å²) in [6.07, 6.45) is 2.86. The molecule has 1 amide bonds. The fourth-order valence-electron chi connectivity index (χ4n) is 2.91. The molecule has 1 fully saturated rings. The highest BCUT2D eigenvalue weighted by molar-refractivity contribution is 7.88. The molecule has 0 aliphatic heterocycles. The maximum Gasteiger partial charge on any atom is 0.238 e. The van der Waals surface area contributed by atoms with Crippen molar-refractivity contribution >= 4 is 27.3 Å². The molecule has 1 aromatic carbocycles. The Morgan fingerprint density at radius 2 is 1.81 bits per heavy atom. The number of benzene rings is 1. The lowest BCUT2D eigenvalue weighted by Crippen LogP contribution is -2.43. The van der Waals surface area contributed by atoms with Gasteiger partial charge in [0.1, 0.15) is 0 Å². The van der Waals surface area contributed by atoms with Gasteiger partial charge in [-0.3, -0.25) is 4.79 Å². The molecule has 1 heterocycles. The quantitative estimate of drug-likeness (QED) is 0.694. The smallest absolute Gasteiger partial charge is 0.238 e. The first-order valence-corrected chi connectivity index (χ1v) is 11.3. The lowest BCUT2D eigenvalue weighted by Gasteiger charge is -2.26. The summed E-state index contributed by atoms with van der Waals surface area (Å²) < 4.78 is 25.5. The van der Waals surface area contributed by atoms with E-state index in [0.29, 0.717) is 13.1 Å². The molecular formula is C19H24N2O3S2. The van der Waals surface area contributed by atoms with Crippen molar-refractivity contribution in [3.05, 3.63) is 57.8 Å². The average Bonchev–Trinajstić information content (AvgIpc) is 3.33. The summed E-state index contributed by atoms with van der Waals surface area (Å²) >= 11 is 1.66. The van der Waals surface area contributed by atoms with Crippen LogP contribution in [0, 0.1) is 6.92 Å². The van der Waals surface area contributed by atoms with Crippen molar-refractivity contribution in [3.8, 4) is 0 Å². The molecule has 1 saturated carbocycles. The standard InChI is InChI=1S/C19H24N2O3S2/c1-15-8-11-18(25-15)13-20(12-16-6-4-3-5-7-16)19(22)14-21(17-9-10-17)26(2,23)24/h3-8,11,17H,9-10,12-14H2,1-2H3. The third-order valence-corrected chi connectivity index (χ3v) is 6.65. The number of thiophene rings is 1. The number of hydrogen-bond donors (Lipinski definition) is 0. The first-order valence-electron chi connectivity index (χ1n) is 8.67. The molecule has 1 aliphatic rings. The third-order valence-electron chi connectivity index (χ3n) is 4.38. The highest BCUT2D eigenvalue weighted by Gasteiger charge is 2.37. The van der Waals surface area contributed by atoms with E-state index in [1.54, 1.807) is 16.2 Å². The van der Waals surface area contributed by atoms with Crippen molar-refractivity contribution in [1.29, 1.82) is 0 Å². The number of carbonyl (C=O) groups is 1. The Morgan fingerprint density at radius 1 is 1.12 bits per heavy atom. The number of rotatable bonds is 8. The summed E-state index contributed by atoms with van der Waals surface area (Å²) in [7, 11) is -3.38. The maximum absolute atomic E-state index is 13.0. The molecule has 0 atom stereocenters. The Balaban J connectivity index is 1.77. The van der Waals surface area contributed by atoms with Gasteiger partial charge >= 0.3 is 0 Å². The summed E-state index contributed by atoms with van der Waals surface area (Å²) in [5, 5.41) is 0. The Hall–Kier alpha value is -1.70. The fourth-order valence-corrected chi connectivity index (χ4v) is 4.91. The van der Waals surface area contributed by atoms with E-state index >= 15 is 0 Å². The van der Waals surface area contributed by atoms with Crippen LogP contribution in [0.1, 0.15) is 28.2 Å². The van der Waals surface area contributed by atoms with Crippen LogP contribution in [0.25, 0.3) is 0 Å². The third kappa shape index (κ3) is 5.16. The highest BCUT2D eigenvalue weighted by atomic mass is 32.2. The van der Waals surface area contributed by atoms with Crippen LogP contribution >= 0.6 is 11.3 Å². The molecule has 5 nitrogen and oxygen atoms in total. The van der Waals surface area contributed by atoms with Gasteiger partial charge in [0.15, 0.2) is 0 Å². The summed E-state index contributed by atoms with van der Waals surface area (Å²) in [5.41, 5.74) is 1.03. The largest absolute Gasteiger partial charge is 0.332 e. The van der Waals surface area contributed by atoms with Crippen molar-refractivity contribution in [2.24, 2.45) is 0 Å². The van der Waals surface area contributed by atoms with Gasteiger partial charge in [-0.25, -0.2) is 8.42 Å². The van der Waals surface area contributed by atoms with Crippen molar-refractivity contribution in [1.82, 2.24) is 9.21 Å². The van der Waals surface area contributed by atoms with Crippen LogP contribution in [0.2, 0.25) is 0 Å². The van der Waals surface area contributed by atoms with E-state index in [2.05, 4.69) is 0 Å². The van der Waals surface area contributed by atoms with Crippen LogP contribution in [-0.4, -0.2) is 42.4 Å². The van der Waals surface area contributed by atoms with Crippen LogP contribution in [0.3, 0.4) is 0 Å². The number of nitrogens with zero attached hydrogens (tertiary/aromatic N) is 2. The van der Waals surface area contributed by atoms with Gasteiger partial charge in [0, 0.05) is 22.3 Å². The zero-order chi connectivity index (χ0) is 18.7. The minimum absolute atomic E-state index is 0.0171. The monoisotopic (exact) mass is 392 g/mol. The predicted molar refractivity (Wildman–Crippen MR) is 104 cm³/mol. The van der Waals surface area contributed by atoms with Crippen LogP contribution < -0.4 is 0 Å². The van der Waals surface area contributed by atoms with Crippen molar-refractivity contribution in [2.75, 3.05) is 12.8 Å². The molecule has 140 valence electrons. The van der Waals surface area contributed by atoms with Crippen molar-refractivity contribution in [3.63, 3.8) is 0 Å². The van der Waals surface area contributed by atoms with Gasteiger partial charge < -0.3 is 4.90 Å². The molecule has 1 aromatic heterocycles. The molecule has 1 aliphatic carbocycles. The first kappa shape index (κ1) is 19.1. The molecular weight excluding hydrogens is 368 g/mol. The molecule has 0 radical (unpaired) electrons. The highest BCUT2D eigenvalue weighted by Crippen LogP contribution is 2.29. The molecule has 0 bridgehead atoms. The minimum atomic E-state index is -3.38. The Kier molecular flexibility index (Phi) is 5.79. The lowest BCUT2D eigenvalue weighted by molar-refractivity contribution is -0.132. The van der Waals surface area contributed by atoms with E-state index in [9.17, 15) is 13.2 Å². The van der Waals surface area contributed by atoms with Crippen LogP contribution in [0.4, 0.5) is 0 Å². The molecule has 0 spiro atoms. The van der Waals surface area contributed by atoms with Gasteiger partial charge in [-0.05, 0) is 37.5 Å². The van der Waals surface area contributed by atoms with E-state index < -0.39 is 10.0 Å². The lowest BCUT2D eigenvalue weighted by atomic mass is 10.2. The molecule has 0 N–H and O–H groups in total. The van der Waals surface area contributed by atoms with Gasteiger partial charge in [0.05, 0.1) is 19.3 Å². The number of sulfonamides is 1. The molecule has 7 heteroatoms. The van der Waals surface area contributed by atoms with Crippen molar-refractivity contribution < 1.29 is 13.2 Å². The number of carbonyl (C=O) groups excluding carboxylic acids is 1. The number of aryl methyl sites for hydroxylation is 1. The Bertz CT molecular complexity index is 858. The average molecular weight is 393 g/mol. The van der Waals surface area contributed by atoms with E-state index in [1.807, 2.05) is 49.4 Å². The Labute approximate surface area is 159 Å². The summed E-state index contributed by atoms with van der Waals surface area (Å²) in [4.78, 5) is 17.0. The van der Waals surface area contributed by atoms with E-state index in [-0.39, 0.29) is 18.5 Å².